The first-order valence-corrected chi connectivity index (χ1v) is 20.1. The largest absolute Gasteiger partial charge is 0.135 e. The Morgan fingerprint density at radius 2 is 0.852 bits per heavy atom. The van der Waals surface area contributed by atoms with Gasteiger partial charge in [-0.05, 0) is 101 Å². The number of benzene rings is 10. The summed E-state index contributed by atoms with van der Waals surface area (Å²) < 4.78 is 5.41. The summed E-state index contributed by atoms with van der Waals surface area (Å²) in [5.41, 5.74) is 7.56. The van der Waals surface area contributed by atoms with Gasteiger partial charge in [0.05, 0.1) is 0 Å². The smallest absolute Gasteiger partial charge is 0.0440 e. The molecule has 0 saturated carbocycles. The molecule has 0 amide bonds. The second kappa shape index (κ2) is 11.6. The van der Waals surface area contributed by atoms with Gasteiger partial charge in [-0.2, -0.15) is 0 Å². The molecular formula is C52H30S2. The van der Waals surface area contributed by atoms with Crippen LogP contribution in [0.15, 0.2) is 182 Å². The molecule has 0 radical (unpaired) electrons. The molecule has 0 atom stereocenters. The molecule has 12 rings (SSSR count). The first kappa shape index (κ1) is 30.2. The molecule has 54 heavy (non-hydrogen) atoms. The summed E-state index contributed by atoms with van der Waals surface area (Å²) in [5, 5.41) is 15.7. The molecule has 2 aromatic heterocycles. The topological polar surface area (TPSA) is 0 Å². The van der Waals surface area contributed by atoms with Crippen LogP contribution in [0.3, 0.4) is 0 Å². The molecule has 0 unspecified atom stereocenters. The summed E-state index contributed by atoms with van der Waals surface area (Å²) >= 11 is 3.83. The Hall–Kier alpha value is -6.32. The van der Waals surface area contributed by atoms with E-state index in [-0.39, 0.29) is 0 Å². The Morgan fingerprint density at radius 3 is 1.63 bits per heavy atom. The molecule has 0 saturated heterocycles. The monoisotopic (exact) mass is 718 g/mol. The zero-order valence-electron chi connectivity index (χ0n) is 29.1. The van der Waals surface area contributed by atoms with Gasteiger partial charge >= 0.3 is 0 Å². The third-order valence-corrected chi connectivity index (χ3v) is 13.8. The Morgan fingerprint density at radius 1 is 0.278 bits per heavy atom. The third-order valence-electron chi connectivity index (χ3n) is 11.4. The van der Waals surface area contributed by atoms with Crippen molar-refractivity contribution < 1.29 is 0 Å². The van der Waals surface area contributed by atoms with Gasteiger partial charge in [-0.3, -0.25) is 0 Å². The van der Waals surface area contributed by atoms with Gasteiger partial charge < -0.3 is 0 Å². The first-order chi connectivity index (χ1) is 26.8. The van der Waals surface area contributed by atoms with E-state index in [2.05, 4.69) is 182 Å². The van der Waals surface area contributed by atoms with Crippen molar-refractivity contribution in [1.82, 2.24) is 0 Å². The maximum Gasteiger partial charge on any atom is 0.0440 e. The highest BCUT2D eigenvalue weighted by atomic mass is 32.1. The Bertz CT molecular complexity index is 3440. The lowest BCUT2D eigenvalue weighted by Crippen LogP contribution is -1.91. The maximum absolute atomic E-state index is 2.46. The molecule has 10 aromatic carbocycles. The van der Waals surface area contributed by atoms with E-state index < -0.39 is 0 Å². The predicted molar refractivity (Wildman–Crippen MR) is 239 cm³/mol. The molecule has 0 aliphatic rings. The van der Waals surface area contributed by atoms with Gasteiger partial charge in [-0.25, -0.2) is 0 Å². The molecular weight excluding hydrogens is 689 g/mol. The summed E-state index contributed by atoms with van der Waals surface area (Å²) in [6, 6.07) is 67.8. The SMILES string of the molecule is c1cc(-c2cccc3ccccc23)cc(-c2c3ccccc3c(-c3ccc4sc5c(ccc6ccc7sc8ccccc8c7c65)c4c3)c3ccccc23)c1. The molecule has 0 aliphatic heterocycles. The molecule has 0 spiro atoms. The quantitative estimate of drug-likeness (QED) is 0.160. The minimum absolute atomic E-state index is 1.23. The zero-order chi connectivity index (χ0) is 35.3. The van der Waals surface area contributed by atoms with E-state index in [9.17, 15) is 0 Å². The molecule has 0 aliphatic carbocycles. The molecule has 2 heteroatoms. The highest BCUT2D eigenvalue weighted by Crippen LogP contribution is 2.48. The van der Waals surface area contributed by atoms with Crippen LogP contribution in [0.5, 0.6) is 0 Å². The van der Waals surface area contributed by atoms with E-state index in [1.807, 2.05) is 22.7 Å². The van der Waals surface area contributed by atoms with Gasteiger partial charge in [0, 0.05) is 45.7 Å². The van der Waals surface area contributed by atoms with Crippen LogP contribution in [0.2, 0.25) is 0 Å². The Kier molecular flexibility index (Phi) is 6.48. The van der Waals surface area contributed by atoms with Crippen LogP contribution in [0.4, 0.5) is 0 Å². The Labute approximate surface area is 319 Å². The lowest BCUT2D eigenvalue weighted by Gasteiger charge is -2.18. The number of rotatable bonds is 3. The van der Waals surface area contributed by atoms with Gasteiger partial charge in [-0.15, -0.1) is 22.7 Å². The fraction of sp³-hybridized carbons (Fsp3) is 0. The van der Waals surface area contributed by atoms with Gasteiger partial charge in [0.25, 0.3) is 0 Å². The lowest BCUT2D eigenvalue weighted by atomic mass is 9.85. The second-order valence-electron chi connectivity index (χ2n) is 14.3. The summed E-state index contributed by atoms with van der Waals surface area (Å²) in [7, 11) is 0. The zero-order valence-corrected chi connectivity index (χ0v) is 30.8. The second-order valence-corrected chi connectivity index (χ2v) is 16.5. The normalized spacial score (nSPS) is 12.1. The van der Waals surface area contributed by atoms with E-state index >= 15 is 0 Å². The number of hydrogen-bond acceptors (Lipinski definition) is 2. The summed E-state index contributed by atoms with van der Waals surface area (Å²) in [6.07, 6.45) is 0. The summed E-state index contributed by atoms with van der Waals surface area (Å²) in [5.74, 6) is 0. The van der Waals surface area contributed by atoms with Crippen molar-refractivity contribution in [3.63, 3.8) is 0 Å². The Balaban J connectivity index is 1.10. The van der Waals surface area contributed by atoms with E-state index in [0.29, 0.717) is 0 Å². The van der Waals surface area contributed by atoms with E-state index in [4.69, 9.17) is 0 Å². The van der Waals surface area contributed by atoms with Crippen molar-refractivity contribution in [3.8, 4) is 33.4 Å². The highest BCUT2D eigenvalue weighted by molar-refractivity contribution is 7.28. The van der Waals surface area contributed by atoms with Crippen LogP contribution in [-0.2, 0) is 0 Å². The number of fused-ring (bicyclic) bond motifs is 12. The molecule has 0 bridgehead atoms. The van der Waals surface area contributed by atoms with Crippen LogP contribution in [0.25, 0.3) is 117 Å². The predicted octanol–water partition coefficient (Wildman–Crippen LogP) is 16.0. The van der Waals surface area contributed by atoms with Crippen LogP contribution in [0.1, 0.15) is 0 Å². The van der Waals surface area contributed by atoms with Crippen molar-refractivity contribution in [2.75, 3.05) is 0 Å². The van der Waals surface area contributed by atoms with Crippen molar-refractivity contribution in [2.45, 2.75) is 0 Å². The molecule has 250 valence electrons. The first-order valence-electron chi connectivity index (χ1n) is 18.5. The third kappa shape index (κ3) is 4.36. The average Bonchev–Trinajstić information content (AvgIpc) is 3.81. The van der Waals surface area contributed by atoms with Gasteiger partial charge in [-0.1, -0.05) is 152 Å². The van der Waals surface area contributed by atoms with Crippen molar-refractivity contribution in [1.29, 1.82) is 0 Å². The standard InChI is InChI=1S/C52H30S2/c1-2-15-36-31(11-1)12-10-21-37(36)33-13-9-14-34(29-33)48-38-16-3-5-18-40(38)49(41-19-6-4-17-39(41)48)35-25-27-46-44(30-35)42-26-23-32-24-28-47-51(50(32)52(42)54-46)43-20-7-8-22-45(43)53-47/h1-30H. The van der Waals surface area contributed by atoms with Gasteiger partial charge in [0.2, 0.25) is 0 Å². The fourth-order valence-electron chi connectivity index (χ4n) is 9.08. The fourth-order valence-corrected chi connectivity index (χ4v) is 11.4. The van der Waals surface area contributed by atoms with Gasteiger partial charge in [0.15, 0.2) is 0 Å². The average molecular weight is 719 g/mol. The van der Waals surface area contributed by atoms with Crippen molar-refractivity contribution >= 4 is 106 Å². The summed E-state index contributed by atoms with van der Waals surface area (Å²) in [4.78, 5) is 0. The maximum atomic E-state index is 2.46. The van der Waals surface area contributed by atoms with Crippen LogP contribution in [-0.4, -0.2) is 0 Å². The minimum Gasteiger partial charge on any atom is -0.135 e. The van der Waals surface area contributed by atoms with E-state index in [1.165, 1.54) is 117 Å². The van der Waals surface area contributed by atoms with E-state index in [1.54, 1.807) is 0 Å². The summed E-state index contributed by atoms with van der Waals surface area (Å²) in [6.45, 7) is 0. The molecule has 0 nitrogen and oxygen atoms in total. The minimum atomic E-state index is 1.23. The van der Waals surface area contributed by atoms with Crippen molar-refractivity contribution in [2.24, 2.45) is 0 Å². The van der Waals surface area contributed by atoms with Crippen LogP contribution in [0, 0.1) is 0 Å². The van der Waals surface area contributed by atoms with E-state index in [0.717, 1.165) is 0 Å². The van der Waals surface area contributed by atoms with Crippen molar-refractivity contribution in [3.05, 3.63) is 182 Å². The number of hydrogen-bond donors (Lipinski definition) is 0. The molecule has 0 N–H and O–H groups in total. The highest BCUT2D eigenvalue weighted by Gasteiger charge is 2.19. The molecule has 0 fully saturated rings. The van der Waals surface area contributed by atoms with Crippen LogP contribution >= 0.6 is 22.7 Å². The number of thiophene rings is 2. The van der Waals surface area contributed by atoms with Gasteiger partial charge in [0.1, 0.15) is 0 Å². The molecule has 2 heterocycles. The van der Waals surface area contributed by atoms with Crippen LogP contribution < -0.4 is 0 Å². The lowest BCUT2D eigenvalue weighted by molar-refractivity contribution is 1.63. The molecule has 12 aromatic rings.